The largest absolute Gasteiger partial charge is 0.446 e. The van der Waals surface area contributed by atoms with Crippen molar-refractivity contribution in [3.63, 3.8) is 0 Å². The van der Waals surface area contributed by atoms with Crippen molar-refractivity contribution >= 4 is 18.8 Å². The molecule has 126 valence electrons. The topological polar surface area (TPSA) is 109 Å². The lowest BCUT2D eigenvalue weighted by Gasteiger charge is -2.13. The lowest BCUT2D eigenvalue weighted by atomic mass is 10.0. The van der Waals surface area contributed by atoms with Crippen molar-refractivity contribution in [3.05, 3.63) is 41.2 Å². The van der Waals surface area contributed by atoms with Crippen LogP contribution in [0.4, 0.5) is 4.39 Å². The van der Waals surface area contributed by atoms with Crippen LogP contribution in [0.3, 0.4) is 0 Å². The molecule has 0 aliphatic carbocycles. The SMILES string of the molecule is CCOP(=O)(OCC)C(=[N+]=[N-])C(=O)CC(O)c1ccc(F)cc1. The molecule has 1 rings (SSSR count). The van der Waals surface area contributed by atoms with Crippen molar-refractivity contribution in [2.24, 2.45) is 0 Å². The number of hydrogen-bond donors (Lipinski definition) is 1. The molecule has 23 heavy (non-hydrogen) atoms. The van der Waals surface area contributed by atoms with Crippen LogP contribution in [0, 0.1) is 5.82 Å². The number of Topliss-reactive ketones (excluding diaryl/α,β-unsaturated/α-hetero) is 1. The highest BCUT2D eigenvalue weighted by atomic mass is 31.2. The summed E-state index contributed by atoms with van der Waals surface area (Å²) < 4.78 is 35.2. The summed E-state index contributed by atoms with van der Waals surface area (Å²) in [7, 11) is -4.06. The van der Waals surface area contributed by atoms with E-state index in [4.69, 9.17) is 14.6 Å². The third-order valence-corrected chi connectivity index (χ3v) is 4.89. The summed E-state index contributed by atoms with van der Waals surface area (Å²) in [4.78, 5) is 14.9. The Bertz CT molecular complexity index is 633. The highest BCUT2D eigenvalue weighted by molar-refractivity contribution is 7.74. The van der Waals surface area contributed by atoms with E-state index in [0.29, 0.717) is 5.56 Å². The highest BCUT2D eigenvalue weighted by Crippen LogP contribution is 2.49. The molecule has 0 aliphatic heterocycles. The van der Waals surface area contributed by atoms with Gasteiger partial charge in [-0.15, -0.1) is 0 Å². The minimum absolute atomic E-state index is 0.0237. The van der Waals surface area contributed by atoms with Gasteiger partial charge in [0.15, 0.2) is 0 Å². The van der Waals surface area contributed by atoms with Crippen LogP contribution in [0.2, 0.25) is 0 Å². The van der Waals surface area contributed by atoms with E-state index >= 15 is 0 Å². The molecule has 1 aromatic carbocycles. The minimum Gasteiger partial charge on any atom is -0.388 e. The van der Waals surface area contributed by atoms with Gasteiger partial charge in [-0.2, -0.15) is 4.79 Å². The van der Waals surface area contributed by atoms with Crippen LogP contribution in [-0.2, 0) is 18.4 Å². The molecule has 0 aliphatic rings. The normalized spacial score (nSPS) is 12.5. The second-order valence-electron chi connectivity index (χ2n) is 4.45. The number of rotatable bonds is 9. The van der Waals surface area contributed by atoms with Crippen molar-refractivity contribution in [3.8, 4) is 0 Å². The van der Waals surface area contributed by atoms with Crippen molar-refractivity contribution in [1.82, 2.24) is 0 Å². The summed E-state index contributed by atoms with van der Waals surface area (Å²) in [6, 6.07) is 4.89. The average molecular weight is 344 g/mol. The number of benzene rings is 1. The van der Waals surface area contributed by atoms with E-state index in [9.17, 15) is 18.9 Å². The van der Waals surface area contributed by atoms with Crippen molar-refractivity contribution in [2.75, 3.05) is 13.2 Å². The van der Waals surface area contributed by atoms with Crippen LogP contribution in [0.1, 0.15) is 31.9 Å². The standard InChI is InChI=1S/C14H18FN2O5P/c1-3-21-23(20,22-4-2)14(17-16)13(19)9-12(18)10-5-7-11(15)8-6-10/h5-8,12,18H,3-4,9H2,1-2H3. The van der Waals surface area contributed by atoms with Crippen molar-refractivity contribution in [2.45, 2.75) is 26.4 Å². The number of carbonyl (C=O) groups is 1. The van der Waals surface area contributed by atoms with Gasteiger partial charge in [0, 0.05) is 6.42 Å². The first kappa shape index (κ1) is 19.4. The van der Waals surface area contributed by atoms with Crippen LogP contribution in [-0.4, -0.2) is 34.3 Å². The Morgan fingerprint density at radius 2 is 1.83 bits per heavy atom. The van der Waals surface area contributed by atoms with E-state index in [-0.39, 0.29) is 13.2 Å². The van der Waals surface area contributed by atoms with Crippen LogP contribution in [0.15, 0.2) is 24.3 Å². The molecular weight excluding hydrogens is 326 g/mol. The molecule has 0 heterocycles. The Morgan fingerprint density at radius 3 is 2.26 bits per heavy atom. The maximum absolute atomic E-state index is 12.9. The van der Waals surface area contributed by atoms with Gasteiger partial charge in [0.2, 0.25) is 0 Å². The van der Waals surface area contributed by atoms with E-state index in [1.54, 1.807) is 13.8 Å². The van der Waals surface area contributed by atoms with E-state index in [0.717, 1.165) is 12.1 Å². The summed E-state index contributed by atoms with van der Waals surface area (Å²) in [5, 5.41) is 10.0. The number of ketones is 1. The summed E-state index contributed by atoms with van der Waals surface area (Å²) in [5.74, 6) is -1.38. The van der Waals surface area contributed by atoms with Gasteiger partial charge in [-0.05, 0) is 31.5 Å². The van der Waals surface area contributed by atoms with Gasteiger partial charge in [-0.25, -0.2) is 8.96 Å². The summed E-state index contributed by atoms with van der Waals surface area (Å²) >= 11 is 0. The number of halogens is 1. The van der Waals surface area contributed by atoms with Gasteiger partial charge < -0.3 is 19.7 Å². The third-order valence-electron chi connectivity index (χ3n) is 2.84. The number of aliphatic hydroxyl groups excluding tert-OH is 1. The van der Waals surface area contributed by atoms with Gasteiger partial charge in [-0.1, -0.05) is 12.1 Å². The Kier molecular flexibility index (Phi) is 7.42. The van der Waals surface area contributed by atoms with Gasteiger partial charge in [-0.3, -0.25) is 4.79 Å². The molecule has 0 radical (unpaired) electrons. The first-order valence-electron chi connectivity index (χ1n) is 6.96. The monoisotopic (exact) mass is 344 g/mol. The van der Waals surface area contributed by atoms with E-state index in [2.05, 4.69) is 4.79 Å². The molecule has 1 aromatic rings. The molecule has 0 amide bonds. The van der Waals surface area contributed by atoms with E-state index < -0.39 is 37.2 Å². The lowest BCUT2D eigenvalue weighted by molar-refractivity contribution is -0.118. The van der Waals surface area contributed by atoms with Gasteiger partial charge >= 0.3 is 13.0 Å². The van der Waals surface area contributed by atoms with Crippen LogP contribution in [0.5, 0.6) is 0 Å². The predicted molar refractivity (Wildman–Crippen MR) is 80.5 cm³/mol. The Labute approximate surface area is 133 Å². The predicted octanol–water partition coefficient (Wildman–Crippen LogP) is 2.71. The molecule has 0 spiro atoms. The van der Waals surface area contributed by atoms with Crippen LogP contribution < -0.4 is 0 Å². The number of nitrogens with zero attached hydrogens (tertiary/aromatic N) is 2. The number of hydrogen-bond acceptors (Lipinski definition) is 5. The molecule has 0 aromatic heterocycles. The first-order valence-corrected chi connectivity index (χ1v) is 8.50. The number of aliphatic hydroxyl groups is 1. The summed E-state index contributed by atoms with van der Waals surface area (Å²) in [5.41, 5.74) is 8.52. The highest BCUT2D eigenvalue weighted by Gasteiger charge is 2.45. The van der Waals surface area contributed by atoms with Gasteiger partial charge in [0.25, 0.3) is 5.78 Å². The molecule has 0 saturated carbocycles. The van der Waals surface area contributed by atoms with E-state index in [1.807, 2.05) is 0 Å². The molecule has 1 unspecified atom stereocenters. The molecule has 1 atom stereocenters. The van der Waals surface area contributed by atoms with Crippen LogP contribution >= 0.6 is 7.60 Å². The molecule has 7 nitrogen and oxygen atoms in total. The zero-order valence-corrected chi connectivity index (χ0v) is 13.7. The minimum atomic E-state index is -4.06. The zero-order chi connectivity index (χ0) is 17.5. The second kappa shape index (κ2) is 8.82. The zero-order valence-electron chi connectivity index (χ0n) is 12.8. The molecule has 0 saturated heterocycles. The molecule has 1 N–H and O–H groups in total. The first-order chi connectivity index (χ1) is 10.9. The number of carbonyl (C=O) groups excluding carboxylic acids is 1. The fourth-order valence-corrected chi connectivity index (χ4v) is 3.34. The Balaban J connectivity index is 2.94. The van der Waals surface area contributed by atoms with Crippen molar-refractivity contribution < 1.29 is 32.7 Å². The summed E-state index contributed by atoms with van der Waals surface area (Å²) in [6.45, 7) is 3.03. The molecule has 0 bridgehead atoms. The second-order valence-corrected chi connectivity index (χ2v) is 6.39. The quantitative estimate of drug-likeness (QED) is 0.321. The Morgan fingerprint density at radius 1 is 1.30 bits per heavy atom. The van der Waals surface area contributed by atoms with E-state index in [1.165, 1.54) is 12.1 Å². The lowest BCUT2D eigenvalue weighted by Crippen LogP contribution is -2.21. The van der Waals surface area contributed by atoms with Gasteiger partial charge in [0.05, 0.1) is 19.3 Å². The smallest absolute Gasteiger partial charge is 0.388 e. The summed E-state index contributed by atoms with van der Waals surface area (Å²) in [6.07, 6.45) is -1.80. The maximum Gasteiger partial charge on any atom is 0.446 e. The fourth-order valence-electron chi connectivity index (χ4n) is 1.83. The maximum atomic E-state index is 12.9. The molecule has 0 fully saturated rings. The molecule has 9 heteroatoms. The Hall–Kier alpha value is -1.69. The fraction of sp³-hybridized carbons (Fsp3) is 0.429. The van der Waals surface area contributed by atoms with Crippen LogP contribution in [0.25, 0.3) is 5.53 Å². The van der Waals surface area contributed by atoms with Gasteiger partial charge in [0.1, 0.15) is 5.82 Å². The average Bonchev–Trinajstić information content (AvgIpc) is 2.48. The third kappa shape index (κ3) is 5.16. The van der Waals surface area contributed by atoms with Crippen molar-refractivity contribution in [1.29, 1.82) is 0 Å². The molecular formula is C14H18FN2O5P.